The molecule has 6 rings (SSSR count). The molecular formula is C29H35ClN4O2. The maximum absolute atomic E-state index is 12.9. The van der Waals surface area contributed by atoms with Gasteiger partial charge < -0.3 is 25.3 Å². The van der Waals surface area contributed by atoms with E-state index in [-0.39, 0.29) is 30.3 Å². The summed E-state index contributed by atoms with van der Waals surface area (Å²) in [6.45, 7) is 6.29. The number of carbonyl (C=O) groups excluding carboxylic acids is 1. The number of nitrogens with one attached hydrogen (secondary N) is 4. The third kappa shape index (κ3) is 3.97. The molecule has 2 fully saturated rings. The normalized spacial score (nSPS) is 22.8. The van der Waals surface area contributed by atoms with Crippen molar-refractivity contribution < 1.29 is 9.53 Å². The summed E-state index contributed by atoms with van der Waals surface area (Å²) in [5.41, 5.74) is 3.94. The van der Waals surface area contributed by atoms with E-state index in [4.69, 9.17) is 4.74 Å². The van der Waals surface area contributed by atoms with Gasteiger partial charge in [-0.2, -0.15) is 0 Å². The first-order valence-electron chi connectivity index (χ1n) is 12.8. The Hall–Kier alpha value is -2.96. The highest BCUT2D eigenvalue weighted by atomic mass is 35.5. The fraction of sp³-hybridized carbons (Fsp3) is 0.414. The summed E-state index contributed by atoms with van der Waals surface area (Å²) in [5.74, 6) is 0.491. The first-order chi connectivity index (χ1) is 17.0. The Bertz CT molecular complexity index is 1290. The van der Waals surface area contributed by atoms with E-state index in [1.54, 1.807) is 0 Å². The number of hydrogen-bond donors (Lipinski definition) is 4. The Morgan fingerprint density at radius 2 is 1.33 bits per heavy atom. The molecule has 7 heteroatoms. The first kappa shape index (κ1) is 24.7. The van der Waals surface area contributed by atoms with Crippen molar-refractivity contribution in [2.75, 3.05) is 13.1 Å². The van der Waals surface area contributed by atoms with E-state index in [0.717, 1.165) is 49.8 Å². The number of hydrogen-bond acceptors (Lipinski definition) is 3. The maximum Gasteiger partial charge on any atom is 0.408 e. The summed E-state index contributed by atoms with van der Waals surface area (Å²) in [6, 6.07) is 16.9. The minimum Gasteiger partial charge on any atom is -0.440 e. The maximum atomic E-state index is 12.9. The van der Waals surface area contributed by atoms with Crippen LogP contribution in [0.3, 0.4) is 0 Å². The number of halogens is 1. The Kier molecular flexibility index (Phi) is 6.52. The molecule has 0 bridgehead atoms. The smallest absolute Gasteiger partial charge is 0.408 e. The van der Waals surface area contributed by atoms with Gasteiger partial charge in [0.2, 0.25) is 0 Å². The molecule has 2 atom stereocenters. The van der Waals surface area contributed by atoms with Crippen molar-refractivity contribution in [3.8, 4) is 0 Å². The van der Waals surface area contributed by atoms with Gasteiger partial charge in [-0.25, -0.2) is 4.79 Å². The van der Waals surface area contributed by atoms with Crippen molar-refractivity contribution in [2.24, 2.45) is 0 Å². The number of carbonyl (C=O) groups is 1. The van der Waals surface area contributed by atoms with Gasteiger partial charge in [0.1, 0.15) is 5.60 Å². The second kappa shape index (κ2) is 9.49. The molecule has 2 saturated heterocycles. The molecule has 2 unspecified atom stereocenters. The topological polar surface area (TPSA) is 81.9 Å². The molecule has 4 N–H and O–H groups in total. The van der Waals surface area contributed by atoms with Crippen molar-refractivity contribution >= 4 is 40.3 Å². The Balaban J connectivity index is 0.00000267. The predicted molar refractivity (Wildman–Crippen MR) is 147 cm³/mol. The molecule has 6 nitrogen and oxygen atoms in total. The van der Waals surface area contributed by atoms with Crippen LogP contribution >= 0.6 is 12.4 Å². The number of piperidine rings is 1. The van der Waals surface area contributed by atoms with Crippen LogP contribution in [0.5, 0.6) is 0 Å². The van der Waals surface area contributed by atoms with Crippen LogP contribution in [0, 0.1) is 0 Å². The molecular weight excluding hydrogens is 472 g/mol. The van der Waals surface area contributed by atoms with Crippen molar-refractivity contribution in [3.05, 3.63) is 72.1 Å². The van der Waals surface area contributed by atoms with E-state index in [0.29, 0.717) is 0 Å². The van der Waals surface area contributed by atoms with Gasteiger partial charge >= 0.3 is 6.09 Å². The summed E-state index contributed by atoms with van der Waals surface area (Å²) in [6.07, 6.45) is 7.31. The molecule has 1 spiro atoms. The number of aromatic amines is 2. The van der Waals surface area contributed by atoms with Crippen LogP contribution in [0.25, 0.3) is 21.8 Å². The minimum absolute atomic E-state index is 0. The van der Waals surface area contributed by atoms with E-state index in [1.807, 2.05) is 0 Å². The van der Waals surface area contributed by atoms with Gasteiger partial charge in [-0.1, -0.05) is 50.2 Å². The number of para-hydroxylation sites is 2. The first-order valence-corrected chi connectivity index (χ1v) is 12.8. The van der Waals surface area contributed by atoms with Crippen molar-refractivity contribution in [1.29, 1.82) is 0 Å². The van der Waals surface area contributed by atoms with Gasteiger partial charge in [0.25, 0.3) is 0 Å². The highest BCUT2D eigenvalue weighted by Crippen LogP contribution is 2.50. The Labute approximate surface area is 218 Å². The van der Waals surface area contributed by atoms with Crippen LogP contribution in [0.2, 0.25) is 0 Å². The lowest BCUT2D eigenvalue weighted by Crippen LogP contribution is -2.61. The lowest BCUT2D eigenvalue weighted by molar-refractivity contribution is -0.0360. The average Bonchev–Trinajstić information content (AvgIpc) is 3.54. The zero-order chi connectivity index (χ0) is 24.0. The highest BCUT2D eigenvalue weighted by molar-refractivity contribution is 5.85. The molecule has 2 aliphatic heterocycles. The summed E-state index contributed by atoms with van der Waals surface area (Å²) in [4.78, 5) is 19.8. The van der Waals surface area contributed by atoms with Crippen molar-refractivity contribution in [3.63, 3.8) is 0 Å². The fourth-order valence-corrected chi connectivity index (χ4v) is 6.85. The van der Waals surface area contributed by atoms with Crippen molar-refractivity contribution in [2.45, 2.75) is 62.5 Å². The zero-order valence-electron chi connectivity index (χ0n) is 20.9. The van der Waals surface area contributed by atoms with E-state index in [2.05, 4.69) is 95.4 Å². The van der Waals surface area contributed by atoms with Gasteiger partial charge in [0.05, 0.1) is 5.54 Å². The molecule has 0 aliphatic carbocycles. The number of ether oxygens (including phenoxy) is 1. The van der Waals surface area contributed by atoms with E-state index in [9.17, 15) is 4.79 Å². The number of amides is 1. The van der Waals surface area contributed by atoms with Gasteiger partial charge in [-0.05, 0) is 61.0 Å². The number of benzene rings is 2. The molecule has 4 aromatic rings. The molecule has 2 aliphatic rings. The van der Waals surface area contributed by atoms with Gasteiger partial charge in [0.15, 0.2) is 0 Å². The van der Waals surface area contributed by atoms with Gasteiger partial charge in [0, 0.05) is 47.0 Å². The Morgan fingerprint density at radius 1 is 0.833 bits per heavy atom. The minimum atomic E-state index is -0.504. The molecule has 0 radical (unpaired) electrons. The van der Waals surface area contributed by atoms with Gasteiger partial charge in [-0.15, -0.1) is 12.4 Å². The molecule has 0 saturated carbocycles. The van der Waals surface area contributed by atoms with E-state index >= 15 is 0 Å². The third-order valence-corrected chi connectivity index (χ3v) is 8.53. The fourth-order valence-electron chi connectivity index (χ4n) is 6.85. The average molecular weight is 507 g/mol. The SMILES string of the molecule is CC(CC1(CC(C)c2c[nH]c3ccccc23)NC(=O)OC12CCNCC2)c1c[nH]c2ccccc12.Cl. The predicted octanol–water partition coefficient (Wildman–Crippen LogP) is 6.36. The van der Waals surface area contributed by atoms with Crippen LogP contribution in [-0.4, -0.2) is 40.3 Å². The molecule has 2 aromatic carbocycles. The second-order valence-electron chi connectivity index (χ2n) is 10.6. The summed E-state index contributed by atoms with van der Waals surface area (Å²) in [7, 11) is 0. The summed E-state index contributed by atoms with van der Waals surface area (Å²) >= 11 is 0. The molecule has 4 heterocycles. The molecule has 1 amide bonds. The number of alkyl carbamates (subject to hydrolysis) is 1. The van der Waals surface area contributed by atoms with Crippen molar-refractivity contribution in [1.82, 2.24) is 20.6 Å². The number of fused-ring (bicyclic) bond motifs is 2. The molecule has 190 valence electrons. The van der Waals surface area contributed by atoms with Crippen LogP contribution in [0.15, 0.2) is 60.9 Å². The standard InChI is InChI=1S/C29H34N4O2.ClH/c1-19(23-17-31-25-9-5-3-7-21(23)25)15-28(29(35-27(34)33-28)11-13-30-14-12-29)16-20(2)24-18-32-26-10-6-4-8-22(24)26;/h3-10,17-20,30-32H,11-16H2,1-2H3,(H,33,34);1H. The summed E-state index contributed by atoms with van der Waals surface area (Å²) in [5, 5.41) is 9.38. The lowest BCUT2D eigenvalue weighted by Gasteiger charge is -2.47. The lowest BCUT2D eigenvalue weighted by atomic mass is 9.65. The third-order valence-electron chi connectivity index (χ3n) is 8.53. The molecule has 36 heavy (non-hydrogen) atoms. The largest absolute Gasteiger partial charge is 0.440 e. The van der Waals surface area contributed by atoms with Crippen LogP contribution < -0.4 is 10.6 Å². The van der Waals surface area contributed by atoms with Crippen LogP contribution in [-0.2, 0) is 4.74 Å². The number of H-pyrrole nitrogens is 2. The monoisotopic (exact) mass is 506 g/mol. The summed E-state index contributed by atoms with van der Waals surface area (Å²) < 4.78 is 6.21. The number of rotatable bonds is 6. The van der Waals surface area contributed by atoms with Crippen LogP contribution in [0.4, 0.5) is 4.79 Å². The van der Waals surface area contributed by atoms with E-state index < -0.39 is 11.1 Å². The Morgan fingerprint density at radius 3 is 1.86 bits per heavy atom. The second-order valence-corrected chi connectivity index (χ2v) is 10.6. The quantitative estimate of drug-likeness (QED) is 0.245. The van der Waals surface area contributed by atoms with Crippen LogP contribution in [0.1, 0.15) is 62.5 Å². The van der Waals surface area contributed by atoms with E-state index in [1.165, 1.54) is 21.9 Å². The number of aromatic nitrogens is 2. The van der Waals surface area contributed by atoms with Gasteiger partial charge in [-0.3, -0.25) is 0 Å². The zero-order valence-corrected chi connectivity index (χ0v) is 21.7. The molecule has 2 aromatic heterocycles. The highest BCUT2D eigenvalue weighted by Gasteiger charge is 2.61.